The van der Waals surface area contributed by atoms with Crippen molar-refractivity contribution in [3.05, 3.63) is 21.0 Å². The van der Waals surface area contributed by atoms with E-state index >= 15 is 0 Å². The van der Waals surface area contributed by atoms with Gasteiger partial charge in [-0.15, -0.1) is 0 Å². The van der Waals surface area contributed by atoms with E-state index in [0.717, 1.165) is 40.6 Å². The van der Waals surface area contributed by atoms with Crippen LogP contribution < -0.4 is 5.32 Å². The molecule has 1 fully saturated rings. The van der Waals surface area contributed by atoms with Gasteiger partial charge in [-0.1, -0.05) is 12.8 Å². The van der Waals surface area contributed by atoms with Crippen molar-refractivity contribution in [3.8, 4) is 0 Å². The Morgan fingerprint density at radius 3 is 2.72 bits per heavy atom. The highest BCUT2D eigenvalue weighted by Crippen LogP contribution is 2.26. The lowest BCUT2D eigenvalue weighted by Crippen LogP contribution is -2.35. The highest BCUT2D eigenvalue weighted by atomic mass is 79.9. The molecule has 1 heterocycles. The number of halogens is 2. The van der Waals surface area contributed by atoms with E-state index in [1.54, 1.807) is 0 Å². The van der Waals surface area contributed by atoms with E-state index in [4.69, 9.17) is 4.42 Å². The van der Waals surface area contributed by atoms with Crippen LogP contribution >= 0.6 is 31.9 Å². The Bertz CT molecular complexity index is 356. The van der Waals surface area contributed by atoms with E-state index in [-0.39, 0.29) is 0 Å². The molecule has 1 aromatic heterocycles. The van der Waals surface area contributed by atoms with Crippen molar-refractivity contribution in [1.29, 1.82) is 0 Å². The van der Waals surface area contributed by atoms with Gasteiger partial charge in [0.05, 0.1) is 11.0 Å². The molecule has 2 rings (SSSR count). The second-order valence-electron chi connectivity index (χ2n) is 4.93. The third kappa shape index (κ3) is 4.08. The standard InChI is InChI=1S/C13H20Br2N2O/c1-17(10-4-2-3-5-10)7-6-16-9-11-8-12(14)13(15)18-11/h8,10,16H,2-7,9H2,1H3. The van der Waals surface area contributed by atoms with E-state index < -0.39 is 0 Å². The molecule has 0 aliphatic heterocycles. The monoisotopic (exact) mass is 378 g/mol. The summed E-state index contributed by atoms with van der Waals surface area (Å²) >= 11 is 6.76. The van der Waals surface area contributed by atoms with E-state index in [0.29, 0.717) is 0 Å². The molecule has 0 aromatic carbocycles. The third-order valence-corrected chi connectivity index (χ3v) is 5.29. The largest absolute Gasteiger partial charge is 0.452 e. The first-order valence-electron chi connectivity index (χ1n) is 6.51. The molecule has 1 aliphatic carbocycles. The Balaban J connectivity index is 1.63. The van der Waals surface area contributed by atoms with Crippen LogP contribution in [-0.4, -0.2) is 31.1 Å². The van der Waals surface area contributed by atoms with Crippen LogP contribution in [0.15, 0.2) is 19.6 Å². The Morgan fingerprint density at radius 1 is 1.39 bits per heavy atom. The number of nitrogens with zero attached hydrogens (tertiary/aromatic N) is 1. The highest BCUT2D eigenvalue weighted by Gasteiger charge is 2.18. The molecule has 0 unspecified atom stereocenters. The van der Waals surface area contributed by atoms with Crippen LogP contribution in [0.25, 0.3) is 0 Å². The van der Waals surface area contributed by atoms with Gasteiger partial charge in [-0.3, -0.25) is 0 Å². The van der Waals surface area contributed by atoms with Crippen LogP contribution in [0, 0.1) is 0 Å². The molecule has 0 amide bonds. The summed E-state index contributed by atoms with van der Waals surface area (Å²) in [4.78, 5) is 2.48. The van der Waals surface area contributed by atoms with Gasteiger partial charge in [-0.2, -0.15) is 0 Å². The number of hydrogen-bond acceptors (Lipinski definition) is 3. The number of rotatable bonds is 6. The number of nitrogens with one attached hydrogen (secondary N) is 1. The Morgan fingerprint density at radius 2 is 2.11 bits per heavy atom. The zero-order chi connectivity index (χ0) is 13.0. The van der Waals surface area contributed by atoms with Crippen LogP contribution in [0.2, 0.25) is 0 Å². The lowest BCUT2D eigenvalue weighted by atomic mass is 10.2. The first-order valence-corrected chi connectivity index (χ1v) is 8.10. The van der Waals surface area contributed by atoms with Gasteiger partial charge in [0.25, 0.3) is 0 Å². The van der Waals surface area contributed by atoms with Crippen LogP contribution in [0.4, 0.5) is 0 Å². The summed E-state index contributed by atoms with van der Waals surface area (Å²) in [6.45, 7) is 2.89. The molecule has 18 heavy (non-hydrogen) atoms. The molecule has 1 saturated carbocycles. The van der Waals surface area contributed by atoms with Crippen molar-refractivity contribution in [2.24, 2.45) is 0 Å². The SMILES string of the molecule is CN(CCNCc1cc(Br)c(Br)o1)C1CCCC1. The maximum Gasteiger partial charge on any atom is 0.183 e. The normalized spacial score (nSPS) is 16.9. The maximum absolute atomic E-state index is 5.51. The summed E-state index contributed by atoms with van der Waals surface area (Å²) in [6.07, 6.45) is 5.54. The molecular formula is C13H20Br2N2O. The van der Waals surface area contributed by atoms with E-state index in [1.165, 1.54) is 25.7 Å². The lowest BCUT2D eigenvalue weighted by molar-refractivity contribution is 0.244. The van der Waals surface area contributed by atoms with Crippen LogP contribution in [-0.2, 0) is 6.54 Å². The fourth-order valence-corrected chi connectivity index (χ4v) is 3.13. The molecule has 0 bridgehead atoms. The average Bonchev–Trinajstić information content (AvgIpc) is 2.96. The number of hydrogen-bond donors (Lipinski definition) is 1. The van der Waals surface area contributed by atoms with E-state index in [1.807, 2.05) is 6.07 Å². The van der Waals surface area contributed by atoms with Gasteiger partial charge in [-0.25, -0.2) is 0 Å². The Labute approximate surface area is 126 Å². The minimum atomic E-state index is 0.766. The van der Waals surface area contributed by atoms with Crippen LogP contribution in [0.1, 0.15) is 31.4 Å². The van der Waals surface area contributed by atoms with Gasteiger partial charge < -0.3 is 14.6 Å². The fourth-order valence-electron chi connectivity index (χ4n) is 2.47. The van der Waals surface area contributed by atoms with E-state index in [2.05, 4.69) is 49.1 Å². The third-order valence-electron chi connectivity index (χ3n) is 3.58. The summed E-state index contributed by atoms with van der Waals surface area (Å²) < 4.78 is 7.26. The number of likely N-dealkylation sites (N-methyl/N-ethyl adjacent to an activating group) is 1. The maximum atomic E-state index is 5.51. The zero-order valence-corrected chi connectivity index (χ0v) is 13.9. The highest BCUT2D eigenvalue weighted by molar-refractivity contribution is 9.13. The fraction of sp³-hybridized carbons (Fsp3) is 0.692. The van der Waals surface area contributed by atoms with Crippen LogP contribution in [0.5, 0.6) is 0 Å². The van der Waals surface area contributed by atoms with Crippen molar-refractivity contribution in [2.75, 3.05) is 20.1 Å². The number of furan rings is 1. The molecule has 0 saturated heterocycles. The predicted molar refractivity (Wildman–Crippen MR) is 80.7 cm³/mol. The van der Waals surface area contributed by atoms with Gasteiger partial charge in [0.15, 0.2) is 4.67 Å². The molecule has 1 N–H and O–H groups in total. The zero-order valence-electron chi connectivity index (χ0n) is 10.7. The van der Waals surface area contributed by atoms with Crippen molar-refractivity contribution in [3.63, 3.8) is 0 Å². The Kier molecular flexibility index (Phi) is 5.73. The molecule has 5 heteroatoms. The summed E-state index contributed by atoms with van der Waals surface area (Å²) in [5.41, 5.74) is 0. The van der Waals surface area contributed by atoms with Gasteiger partial charge in [-0.05, 0) is 57.8 Å². The minimum Gasteiger partial charge on any atom is -0.452 e. The lowest BCUT2D eigenvalue weighted by Gasteiger charge is -2.23. The quantitative estimate of drug-likeness (QED) is 0.762. The first kappa shape index (κ1) is 14.6. The second-order valence-corrected chi connectivity index (χ2v) is 6.50. The van der Waals surface area contributed by atoms with Gasteiger partial charge in [0.1, 0.15) is 5.76 Å². The average molecular weight is 380 g/mol. The molecule has 0 spiro atoms. The van der Waals surface area contributed by atoms with Crippen molar-refractivity contribution >= 4 is 31.9 Å². The van der Waals surface area contributed by atoms with Crippen molar-refractivity contribution < 1.29 is 4.42 Å². The van der Waals surface area contributed by atoms with Gasteiger partial charge in [0.2, 0.25) is 0 Å². The van der Waals surface area contributed by atoms with E-state index in [9.17, 15) is 0 Å². The van der Waals surface area contributed by atoms with Crippen molar-refractivity contribution in [2.45, 2.75) is 38.3 Å². The summed E-state index contributed by atoms with van der Waals surface area (Å²) in [5, 5.41) is 3.42. The minimum absolute atomic E-state index is 0.766. The van der Waals surface area contributed by atoms with Gasteiger partial charge >= 0.3 is 0 Å². The Hall–Kier alpha value is 0.160. The summed E-state index contributed by atoms with van der Waals surface area (Å²) in [5.74, 6) is 0.956. The summed E-state index contributed by atoms with van der Waals surface area (Å²) in [6, 6.07) is 2.80. The predicted octanol–water partition coefficient (Wildman–Crippen LogP) is 3.77. The van der Waals surface area contributed by atoms with Gasteiger partial charge in [0, 0.05) is 19.1 Å². The molecule has 1 aromatic rings. The topological polar surface area (TPSA) is 28.4 Å². The van der Waals surface area contributed by atoms with Crippen LogP contribution in [0.3, 0.4) is 0 Å². The van der Waals surface area contributed by atoms with Crippen molar-refractivity contribution in [1.82, 2.24) is 10.2 Å². The molecule has 102 valence electrons. The first-order chi connectivity index (χ1) is 8.66. The second kappa shape index (κ2) is 7.08. The molecule has 0 radical (unpaired) electrons. The molecular weight excluding hydrogens is 360 g/mol. The smallest absolute Gasteiger partial charge is 0.183 e. The molecule has 3 nitrogen and oxygen atoms in total. The molecule has 1 aliphatic rings. The summed E-state index contributed by atoms with van der Waals surface area (Å²) in [7, 11) is 2.23. The molecule has 0 atom stereocenters.